The topological polar surface area (TPSA) is 167 Å². The van der Waals surface area contributed by atoms with Crippen molar-refractivity contribution in [3.8, 4) is 0 Å². The molecule has 0 aromatic heterocycles. The summed E-state index contributed by atoms with van der Waals surface area (Å²) < 4.78 is 45.0. The van der Waals surface area contributed by atoms with Crippen molar-refractivity contribution in [3.05, 3.63) is 65.7 Å². The number of alkyl carbamates (subject to hydrolysis) is 1. The van der Waals surface area contributed by atoms with Crippen LogP contribution in [0.2, 0.25) is 0 Å². The molecule has 2 aliphatic heterocycles. The first-order valence-electron chi connectivity index (χ1n) is 14.2. The Bertz CT molecular complexity index is 1340. The normalized spacial score (nSPS) is 23.9. The minimum atomic E-state index is -4.33. The number of hydroxylamine groups is 1. The van der Waals surface area contributed by atoms with Crippen LogP contribution < -0.4 is 11.1 Å². The van der Waals surface area contributed by atoms with Gasteiger partial charge in [-0.1, -0.05) is 53.7 Å². The summed E-state index contributed by atoms with van der Waals surface area (Å²) in [5.74, 6) is -0.839. The molecule has 5 atom stereocenters. The Morgan fingerprint density at radius 2 is 1.83 bits per heavy atom. The quantitative estimate of drug-likeness (QED) is 0.308. The van der Waals surface area contributed by atoms with Crippen LogP contribution in [0.3, 0.4) is 0 Å². The zero-order chi connectivity index (χ0) is 29.7. The molecule has 2 heterocycles. The number of hydrogen-bond donors (Lipinski definition) is 3. The number of amides is 2. The Morgan fingerprint density at radius 1 is 1.07 bits per heavy atom. The second-order valence-corrected chi connectivity index (χ2v) is 12.7. The van der Waals surface area contributed by atoms with Gasteiger partial charge in [0.05, 0.1) is 48.8 Å². The largest absolute Gasteiger partial charge is 0.443 e. The van der Waals surface area contributed by atoms with Gasteiger partial charge in [0.1, 0.15) is 6.10 Å². The van der Waals surface area contributed by atoms with E-state index in [2.05, 4.69) is 5.32 Å². The Balaban J connectivity index is 1.36. The van der Waals surface area contributed by atoms with E-state index < -0.39 is 53.1 Å². The number of rotatable bonds is 12. The maximum absolute atomic E-state index is 13.8. The number of carbonyl (C=O) groups excluding carboxylic acids is 2. The number of hydrogen-bond acceptors (Lipinski definition) is 9. The molecule has 13 heteroatoms. The maximum atomic E-state index is 13.8. The highest BCUT2D eigenvalue weighted by Gasteiger charge is 2.44. The Labute approximate surface area is 245 Å². The van der Waals surface area contributed by atoms with Gasteiger partial charge < -0.3 is 30.4 Å². The second-order valence-electron chi connectivity index (χ2n) is 10.9. The van der Waals surface area contributed by atoms with E-state index in [0.29, 0.717) is 25.9 Å². The number of fused-ring (bicyclic) bond motifs is 1. The lowest BCUT2D eigenvalue weighted by molar-refractivity contribution is -0.145. The van der Waals surface area contributed by atoms with Crippen LogP contribution in [0.4, 0.5) is 4.79 Å². The highest BCUT2D eigenvalue weighted by molar-refractivity contribution is 7.89. The molecule has 2 aromatic rings. The fraction of sp³-hybridized carbons (Fsp3) is 0.517. The van der Waals surface area contributed by atoms with E-state index in [1.807, 2.05) is 30.3 Å². The number of nitrogens with one attached hydrogen (secondary N) is 1. The van der Waals surface area contributed by atoms with Crippen LogP contribution in [0.15, 0.2) is 59.5 Å². The number of primary amides is 1. The van der Waals surface area contributed by atoms with Gasteiger partial charge in [-0.05, 0) is 49.4 Å². The zero-order valence-electron chi connectivity index (χ0n) is 23.2. The summed E-state index contributed by atoms with van der Waals surface area (Å²) in [5, 5.41) is 14.2. The molecule has 5 rings (SSSR count). The first kappa shape index (κ1) is 30.4. The molecule has 12 nitrogen and oxygen atoms in total. The molecule has 1 saturated carbocycles. The first-order chi connectivity index (χ1) is 20.2. The van der Waals surface area contributed by atoms with Gasteiger partial charge in [-0.2, -0.15) is 0 Å². The van der Waals surface area contributed by atoms with Crippen molar-refractivity contribution in [1.82, 2.24) is 9.79 Å². The molecular weight excluding hydrogens is 566 g/mol. The van der Waals surface area contributed by atoms with E-state index in [0.717, 1.165) is 22.9 Å². The molecular formula is C29H37N3O9S. The van der Waals surface area contributed by atoms with Crippen LogP contribution in [-0.2, 0) is 35.5 Å². The van der Waals surface area contributed by atoms with Gasteiger partial charge in [-0.25, -0.2) is 13.2 Å². The third-order valence-corrected chi connectivity index (χ3v) is 9.52. The van der Waals surface area contributed by atoms with Crippen LogP contribution in [-0.4, -0.2) is 80.4 Å². The third-order valence-electron chi connectivity index (χ3n) is 7.90. The standard InChI is InChI=1S/C29H37N3O9S/c30-27(34)20-9-6-12-22(16-20)42(36,37)32(41-21-10-4-5-11-21)17-25(33)24(15-19-7-2-1-3-8-19)31-29(35)40-26-18-39-28-23(26)13-14-38-28/h1-3,6-9,12,16,21,23-26,28,33H,4-5,10-11,13-15,17-18H2,(H2,30,34)(H,31,35)/t23-,24-,25+,26-,28+/m0/s1. The van der Waals surface area contributed by atoms with Crippen molar-refractivity contribution >= 4 is 22.0 Å². The molecule has 2 saturated heterocycles. The SMILES string of the molecule is NC(=O)c1cccc(S(=O)(=O)N(C[C@@H](O)[C@H](Cc2ccccc2)NC(=O)O[C@H]2CO[C@H]3OCC[C@H]32)OC2CCCC2)c1. The third kappa shape index (κ3) is 7.28. The van der Waals surface area contributed by atoms with Crippen molar-refractivity contribution in [2.45, 2.75) is 74.1 Å². The lowest BCUT2D eigenvalue weighted by Gasteiger charge is -2.31. The minimum absolute atomic E-state index is 0.0228. The van der Waals surface area contributed by atoms with E-state index in [9.17, 15) is 23.1 Å². The van der Waals surface area contributed by atoms with E-state index in [1.54, 1.807) is 0 Å². The van der Waals surface area contributed by atoms with E-state index in [4.69, 9.17) is 24.8 Å². The lowest BCUT2D eigenvalue weighted by atomic mass is 10.0. The Kier molecular flexibility index (Phi) is 9.76. The first-order valence-corrected chi connectivity index (χ1v) is 15.7. The van der Waals surface area contributed by atoms with Crippen LogP contribution in [0.5, 0.6) is 0 Å². The molecule has 4 N–H and O–H groups in total. The van der Waals surface area contributed by atoms with E-state index in [-0.39, 0.29) is 35.5 Å². The van der Waals surface area contributed by atoms with E-state index in [1.165, 1.54) is 24.3 Å². The predicted molar refractivity (Wildman–Crippen MR) is 149 cm³/mol. The Hall–Kier alpha value is -3.07. The van der Waals surface area contributed by atoms with Crippen LogP contribution in [0.1, 0.15) is 48.0 Å². The number of nitrogens with two attached hydrogens (primary N) is 1. The molecule has 0 bridgehead atoms. The number of nitrogens with zero attached hydrogens (tertiary/aromatic N) is 1. The number of sulfonamides is 1. The van der Waals surface area contributed by atoms with Gasteiger partial charge >= 0.3 is 6.09 Å². The molecule has 228 valence electrons. The number of aliphatic hydroxyl groups is 1. The molecule has 0 spiro atoms. The number of carbonyl (C=O) groups is 2. The molecule has 3 fully saturated rings. The summed E-state index contributed by atoms with van der Waals surface area (Å²) in [4.78, 5) is 30.5. The summed E-state index contributed by atoms with van der Waals surface area (Å²) >= 11 is 0. The average molecular weight is 604 g/mol. The Morgan fingerprint density at radius 3 is 2.57 bits per heavy atom. The van der Waals surface area contributed by atoms with Crippen molar-refractivity contribution < 1.29 is 42.2 Å². The van der Waals surface area contributed by atoms with Gasteiger partial charge in [0, 0.05) is 5.56 Å². The lowest BCUT2D eigenvalue weighted by Crippen LogP contribution is -2.51. The van der Waals surface area contributed by atoms with Gasteiger partial charge in [0.2, 0.25) is 5.91 Å². The maximum Gasteiger partial charge on any atom is 0.407 e. The van der Waals surface area contributed by atoms with Gasteiger partial charge in [-0.15, -0.1) is 0 Å². The van der Waals surface area contributed by atoms with Gasteiger partial charge in [0.15, 0.2) is 6.29 Å². The zero-order valence-corrected chi connectivity index (χ0v) is 24.0. The summed E-state index contributed by atoms with van der Waals surface area (Å²) in [6, 6.07) is 13.6. The van der Waals surface area contributed by atoms with Crippen LogP contribution in [0, 0.1) is 5.92 Å². The molecule has 2 aromatic carbocycles. The predicted octanol–water partition coefficient (Wildman–Crippen LogP) is 2.11. The highest BCUT2D eigenvalue weighted by Crippen LogP contribution is 2.33. The van der Waals surface area contributed by atoms with Crippen molar-refractivity contribution in [2.75, 3.05) is 19.8 Å². The smallest absolute Gasteiger partial charge is 0.407 e. The molecule has 0 radical (unpaired) electrons. The van der Waals surface area contributed by atoms with Gasteiger partial charge in [0.25, 0.3) is 10.0 Å². The summed E-state index contributed by atoms with van der Waals surface area (Å²) in [5.41, 5.74) is 6.21. The average Bonchev–Trinajstić information content (AvgIpc) is 3.74. The number of aliphatic hydroxyl groups excluding tert-OH is 1. The molecule has 42 heavy (non-hydrogen) atoms. The fourth-order valence-corrected chi connectivity index (χ4v) is 6.93. The van der Waals surface area contributed by atoms with E-state index >= 15 is 0 Å². The fourth-order valence-electron chi connectivity index (χ4n) is 5.59. The van der Waals surface area contributed by atoms with Crippen molar-refractivity contribution in [2.24, 2.45) is 11.7 Å². The summed E-state index contributed by atoms with van der Waals surface area (Å²) in [6.45, 7) is 0.253. The molecule has 2 amide bonds. The summed E-state index contributed by atoms with van der Waals surface area (Å²) in [6.07, 6.45) is 0.615. The second kappa shape index (κ2) is 13.5. The van der Waals surface area contributed by atoms with Crippen molar-refractivity contribution in [1.29, 1.82) is 0 Å². The number of benzene rings is 2. The molecule has 0 unspecified atom stereocenters. The summed E-state index contributed by atoms with van der Waals surface area (Å²) in [7, 11) is -4.33. The monoisotopic (exact) mass is 603 g/mol. The highest BCUT2D eigenvalue weighted by atomic mass is 32.2. The van der Waals surface area contributed by atoms with Crippen LogP contribution >= 0.6 is 0 Å². The van der Waals surface area contributed by atoms with Gasteiger partial charge in [-0.3, -0.25) is 9.63 Å². The van der Waals surface area contributed by atoms with Crippen molar-refractivity contribution in [3.63, 3.8) is 0 Å². The number of ether oxygens (including phenoxy) is 3. The van der Waals surface area contributed by atoms with Crippen LogP contribution in [0.25, 0.3) is 0 Å². The molecule has 1 aliphatic carbocycles. The minimum Gasteiger partial charge on any atom is -0.443 e. The molecule has 3 aliphatic rings.